The molecule has 0 saturated heterocycles. The van der Waals surface area contributed by atoms with Crippen LogP contribution in [0.4, 0.5) is 11.6 Å². The number of hydrogen-bond acceptors (Lipinski definition) is 6. The molecule has 0 unspecified atom stereocenters. The summed E-state index contributed by atoms with van der Waals surface area (Å²) in [5.41, 5.74) is 1.91. The van der Waals surface area contributed by atoms with Crippen LogP contribution in [0.2, 0.25) is 0 Å². The fraction of sp³-hybridized carbons (Fsp3) is 0.389. The molecule has 3 N–H and O–H groups in total. The Bertz CT molecular complexity index is 1170. The molecule has 9 nitrogen and oxygen atoms in total. The molecule has 1 aliphatic rings. The lowest BCUT2D eigenvalue weighted by atomic mass is 10.2. The van der Waals surface area contributed by atoms with Gasteiger partial charge in [-0.15, -0.1) is 0 Å². The van der Waals surface area contributed by atoms with Gasteiger partial charge < -0.3 is 5.32 Å². The van der Waals surface area contributed by atoms with Crippen molar-refractivity contribution in [2.24, 2.45) is 5.14 Å². The van der Waals surface area contributed by atoms with E-state index in [0.29, 0.717) is 23.8 Å². The van der Waals surface area contributed by atoms with E-state index in [2.05, 4.69) is 15.3 Å². The van der Waals surface area contributed by atoms with E-state index in [1.807, 2.05) is 6.92 Å². The van der Waals surface area contributed by atoms with Crippen molar-refractivity contribution in [2.75, 3.05) is 5.32 Å². The number of hydrogen-bond donors (Lipinski definition) is 2. The molecule has 0 amide bonds. The van der Waals surface area contributed by atoms with Crippen molar-refractivity contribution in [1.29, 1.82) is 0 Å². The van der Waals surface area contributed by atoms with Crippen LogP contribution in [0.5, 0.6) is 0 Å². The van der Waals surface area contributed by atoms with Crippen molar-refractivity contribution in [2.45, 2.75) is 50.1 Å². The zero-order valence-corrected chi connectivity index (χ0v) is 16.3. The van der Waals surface area contributed by atoms with E-state index in [9.17, 15) is 13.2 Å². The second-order valence-electron chi connectivity index (χ2n) is 6.93. The summed E-state index contributed by atoms with van der Waals surface area (Å²) in [4.78, 5) is 21.8. The summed E-state index contributed by atoms with van der Waals surface area (Å²) in [5, 5.41) is 8.18. The lowest BCUT2D eigenvalue weighted by Crippen LogP contribution is -2.26. The van der Waals surface area contributed by atoms with Crippen LogP contribution in [-0.2, 0) is 16.6 Å². The molecule has 2 aromatic heterocycles. The molecule has 0 aliphatic heterocycles. The standard InChI is InChI=1S/C18H22N6O3S/c1-2-23-15-11-20-17(21-12-7-9-14(10-8-12)28(19,26)27)22-16(15)24(18(23)25)13-5-3-4-6-13/h7-11,13H,2-6H2,1H3,(H2,19,26,27)(H,20,21,22). The quantitative estimate of drug-likeness (QED) is 0.673. The largest absolute Gasteiger partial charge is 0.330 e. The average Bonchev–Trinajstić information content (AvgIpc) is 3.26. The van der Waals surface area contributed by atoms with Gasteiger partial charge in [-0.2, -0.15) is 4.98 Å². The van der Waals surface area contributed by atoms with Gasteiger partial charge in [0.15, 0.2) is 5.65 Å². The molecule has 1 aliphatic carbocycles. The van der Waals surface area contributed by atoms with E-state index >= 15 is 0 Å². The first kappa shape index (κ1) is 18.6. The summed E-state index contributed by atoms with van der Waals surface area (Å²) in [6, 6.07) is 6.18. The predicted octanol–water partition coefficient (Wildman–Crippen LogP) is 2.12. The average molecular weight is 402 g/mol. The molecule has 1 aromatic carbocycles. The number of sulfonamides is 1. The highest BCUT2D eigenvalue weighted by Gasteiger charge is 2.24. The molecular formula is C18H22N6O3S. The van der Waals surface area contributed by atoms with Gasteiger partial charge >= 0.3 is 5.69 Å². The lowest BCUT2D eigenvalue weighted by molar-refractivity contribution is 0.501. The molecule has 1 fully saturated rings. The van der Waals surface area contributed by atoms with Gasteiger partial charge in [0.25, 0.3) is 0 Å². The maximum Gasteiger partial charge on any atom is 0.330 e. The number of fused-ring (bicyclic) bond motifs is 1. The van der Waals surface area contributed by atoms with E-state index in [1.165, 1.54) is 12.1 Å². The van der Waals surface area contributed by atoms with Crippen molar-refractivity contribution >= 4 is 32.8 Å². The topological polar surface area (TPSA) is 125 Å². The number of anilines is 2. The van der Waals surface area contributed by atoms with E-state index in [4.69, 9.17) is 5.14 Å². The number of nitrogens with one attached hydrogen (secondary N) is 1. The molecular weight excluding hydrogens is 380 g/mol. The minimum Gasteiger partial charge on any atom is -0.324 e. The zero-order chi connectivity index (χ0) is 19.9. The van der Waals surface area contributed by atoms with Crippen molar-refractivity contribution in [3.05, 3.63) is 40.9 Å². The van der Waals surface area contributed by atoms with Crippen LogP contribution in [0, 0.1) is 0 Å². The molecule has 0 spiro atoms. The monoisotopic (exact) mass is 402 g/mol. The number of aryl methyl sites for hydroxylation is 1. The normalized spacial score (nSPS) is 15.4. The number of rotatable bonds is 5. The number of nitrogens with zero attached hydrogens (tertiary/aromatic N) is 4. The molecule has 0 atom stereocenters. The molecule has 28 heavy (non-hydrogen) atoms. The maximum atomic E-state index is 12.9. The Balaban J connectivity index is 1.73. The summed E-state index contributed by atoms with van der Waals surface area (Å²) in [7, 11) is -3.74. The van der Waals surface area contributed by atoms with Gasteiger partial charge in [0.2, 0.25) is 16.0 Å². The number of primary sulfonamides is 1. The molecule has 10 heteroatoms. The second-order valence-corrected chi connectivity index (χ2v) is 8.49. The summed E-state index contributed by atoms with van der Waals surface area (Å²) >= 11 is 0. The predicted molar refractivity (Wildman–Crippen MR) is 106 cm³/mol. The summed E-state index contributed by atoms with van der Waals surface area (Å²) in [6.07, 6.45) is 5.83. The van der Waals surface area contributed by atoms with Crippen LogP contribution in [-0.4, -0.2) is 27.5 Å². The Morgan fingerprint density at radius 3 is 2.50 bits per heavy atom. The Morgan fingerprint density at radius 2 is 1.89 bits per heavy atom. The smallest absolute Gasteiger partial charge is 0.324 e. The molecule has 3 aromatic rings. The minimum atomic E-state index is -3.74. The number of nitrogens with two attached hydrogens (primary N) is 1. The first-order valence-electron chi connectivity index (χ1n) is 9.26. The molecule has 148 valence electrons. The third-order valence-electron chi connectivity index (χ3n) is 5.15. The fourth-order valence-electron chi connectivity index (χ4n) is 3.77. The SMILES string of the molecule is CCn1c(=O)n(C2CCCC2)c2nc(Nc3ccc(S(N)(=O)=O)cc3)ncc21. The fourth-order valence-corrected chi connectivity index (χ4v) is 4.29. The summed E-state index contributed by atoms with van der Waals surface area (Å²) < 4.78 is 26.2. The Morgan fingerprint density at radius 1 is 1.21 bits per heavy atom. The van der Waals surface area contributed by atoms with E-state index < -0.39 is 10.0 Å². The highest BCUT2D eigenvalue weighted by Crippen LogP contribution is 2.31. The van der Waals surface area contributed by atoms with E-state index in [1.54, 1.807) is 27.5 Å². The highest BCUT2D eigenvalue weighted by atomic mass is 32.2. The van der Waals surface area contributed by atoms with Gasteiger partial charge in [0, 0.05) is 18.3 Å². The molecule has 0 radical (unpaired) electrons. The maximum absolute atomic E-state index is 12.9. The third-order valence-corrected chi connectivity index (χ3v) is 6.08. The minimum absolute atomic E-state index is 0.0320. The number of imidazole rings is 1. The van der Waals surface area contributed by atoms with Crippen molar-refractivity contribution in [1.82, 2.24) is 19.1 Å². The van der Waals surface area contributed by atoms with Gasteiger partial charge in [-0.1, -0.05) is 12.8 Å². The van der Waals surface area contributed by atoms with Gasteiger partial charge in [-0.05, 0) is 44.0 Å². The van der Waals surface area contributed by atoms with Crippen molar-refractivity contribution < 1.29 is 8.42 Å². The van der Waals surface area contributed by atoms with Gasteiger partial charge in [-0.25, -0.2) is 23.3 Å². The van der Waals surface area contributed by atoms with Crippen LogP contribution in [0.1, 0.15) is 38.6 Å². The summed E-state index contributed by atoms with van der Waals surface area (Å²) in [6.45, 7) is 2.49. The van der Waals surface area contributed by atoms with E-state index in [-0.39, 0.29) is 16.6 Å². The number of aromatic nitrogens is 4. The zero-order valence-electron chi connectivity index (χ0n) is 15.5. The highest BCUT2D eigenvalue weighted by molar-refractivity contribution is 7.89. The molecule has 1 saturated carbocycles. The van der Waals surface area contributed by atoms with Crippen LogP contribution < -0.4 is 16.1 Å². The van der Waals surface area contributed by atoms with Crippen LogP contribution in [0.15, 0.2) is 40.2 Å². The van der Waals surface area contributed by atoms with Crippen LogP contribution in [0.25, 0.3) is 11.2 Å². The van der Waals surface area contributed by atoms with Crippen molar-refractivity contribution in [3.8, 4) is 0 Å². The van der Waals surface area contributed by atoms with E-state index in [0.717, 1.165) is 31.2 Å². The first-order valence-corrected chi connectivity index (χ1v) is 10.8. The second kappa shape index (κ2) is 7.02. The van der Waals surface area contributed by atoms with Crippen LogP contribution >= 0.6 is 0 Å². The summed E-state index contributed by atoms with van der Waals surface area (Å²) in [5.74, 6) is 0.343. The Labute approximate surface area is 162 Å². The Hall–Kier alpha value is -2.72. The van der Waals surface area contributed by atoms with Gasteiger partial charge in [0.05, 0.1) is 11.1 Å². The lowest BCUT2D eigenvalue weighted by Gasteiger charge is -2.11. The molecule has 4 rings (SSSR count). The van der Waals surface area contributed by atoms with Crippen molar-refractivity contribution in [3.63, 3.8) is 0 Å². The third kappa shape index (κ3) is 3.29. The van der Waals surface area contributed by atoms with Gasteiger partial charge in [-0.3, -0.25) is 9.13 Å². The van der Waals surface area contributed by atoms with Crippen LogP contribution in [0.3, 0.4) is 0 Å². The molecule has 0 bridgehead atoms. The first-order chi connectivity index (χ1) is 13.4. The molecule has 2 heterocycles. The number of benzene rings is 1. The van der Waals surface area contributed by atoms with Gasteiger partial charge in [0.1, 0.15) is 5.52 Å². The Kier molecular flexibility index (Phi) is 4.68.